The molecular formula is C30H36ClF2N5O5. The van der Waals surface area contributed by atoms with E-state index < -0.39 is 41.8 Å². The lowest BCUT2D eigenvalue weighted by Gasteiger charge is -2.28. The molecule has 1 aromatic heterocycles. The number of pyridine rings is 1. The Hall–Kier alpha value is -4.03. The van der Waals surface area contributed by atoms with Gasteiger partial charge in [0.2, 0.25) is 0 Å². The molecule has 0 bridgehead atoms. The molecule has 2 aromatic carbocycles. The van der Waals surface area contributed by atoms with E-state index >= 15 is 0 Å². The number of fused-ring (bicyclic) bond motifs is 1. The lowest BCUT2D eigenvalue weighted by molar-refractivity contribution is -0.139. The molecule has 0 aliphatic rings. The molecule has 0 saturated heterocycles. The molecule has 3 rings (SSSR count). The molecule has 0 radical (unpaired) electrons. The first kappa shape index (κ1) is 33.5. The van der Waals surface area contributed by atoms with Crippen LogP contribution in [0.25, 0.3) is 10.8 Å². The second kappa shape index (κ2) is 16.0. The van der Waals surface area contributed by atoms with Crippen molar-refractivity contribution in [3.05, 3.63) is 70.9 Å². The number of anilines is 1. The fourth-order valence-corrected chi connectivity index (χ4v) is 4.67. The molecule has 0 fully saturated rings. The molecule has 43 heavy (non-hydrogen) atoms. The van der Waals surface area contributed by atoms with Gasteiger partial charge in [-0.25, -0.2) is 23.4 Å². The van der Waals surface area contributed by atoms with Gasteiger partial charge in [-0.2, -0.15) is 0 Å². The molecule has 0 spiro atoms. The Morgan fingerprint density at radius 3 is 2.58 bits per heavy atom. The van der Waals surface area contributed by atoms with Gasteiger partial charge in [-0.1, -0.05) is 49.9 Å². The van der Waals surface area contributed by atoms with Crippen LogP contribution >= 0.6 is 11.6 Å². The summed E-state index contributed by atoms with van der Waals surface area (Å²) >= 11 is 6.00. The van der Waals surface area contributed by atoms with E-state index in [4.69, 9.17) is 27.2 Å². The number of urea groups is 1. The highest BCUT2D eigenvalue weighted by molar-refractivity contribution is 6.31. The van der Waals surface area contributed by atoms with E-state index in [0.717, 1.165) is 12.8 Å². The summed E-state index contributed by atoms with van der Waals surface area (Å²) in [4.78, 5) is 42.2. The number of carbonyl (C=O) groups is 3. The highest BCUT2D eigenvalue weighted by Crippen LogP contribution is 2.21. The normalized spacial score (nSPS) is 13.2. The predicted molar refractivity (Wildman–Crippen MR) is 160 cm³/mol. The molecule has 10 nitrogen and oxygen atoms in total. The van der Waals surface area contributed by atoms with Crippen molar-refractivity contribution in [3.63, 3.8) is 0 Å². The fraction of sp³-hybridized carbons (Fsp3) is 0.400. The Bertz CT molecular complexity index is 1430. The van der Waals surface area contributed by atoms with Crippen molar-refractivity contribution >= 4 is 46.3 Å². The summed E-state index contributed by atoms with van der Waals surface area (Å²) in [6.45, 7) is 1.64. The summed E-state index contributed by atoms with van der Waals surface area (Å²) < 4.78 is 32.8. The monoisotopic (exact) mass is 619 g/mol. The zero-order valence-electron chi connectivity index (χ0n) is 24.0. The van der Waals surface area contributed by atoms with E-state index in [1.165, 1.54) is 41.4 Å². The van der Waals surface area contributed by atoms with Crippen molar-refractivity contribution in [3.8, 4) is 0 Å². The van der Waals surface area contributed by atoms with Gasteiger partial charge in [-0.05, 0) is 60.0 Å². The average molecular weight is 620 g/mol. The number of likely N-dealkylation sites (N-methyl/N-ethyl adjacent to an activating group) is 1. The summed E-state index contributed by atoms with van der Waals surface area (Å²) in [5.41, 5.74) is 6.10. The van der Waals surface area contributed by atoms with Gasteiger partial charge in [0.15, 0.2) is 0 Å². The van der Waals surface area contributed by atoms with Crippen molar-refractivity contribution in [2.45, 2.75) is 57.7 Å². The van der Waals surface area contributed by atoms with Crippen LogP contribution < -0.4 is 16.4 Å². The number of halogens is 3. The number of hydrogen-bond donors (Lipinski definition) is 4. The van der Waals surface area contributed by atoms with Gasteiger partial charge in [-0.15, -0.1) is 0 Å². The van der Waals surface area contributed by atoms with E-state index in [0.29, 0.717) is 35.6 Å². The van der Waals surface area contributed by atoms with E-state index in [1.54, 1.807) is 26.1 Å². The number of aromatic nitrogens is 1. The number of nitrogens with one attached hydrogen (secondary N) is 2. The first-order valence-electron chi connectivity index (χ1n) is 13.9. The van der Waals surface area contributed by atoms with Crippen molar-refractivity contribution in [2.75, 3.05) is 19.0 Å². The summed E-state index contributed by atoms with van der Waals surface area (Å²) in [7, 11) is 1.56. The number of hydrogen-bond acceptors (Lipinski definition) is 6. The molecule has 3 amide bonds. The number of amides is 3. The first-order chi connectivity index (χ1) is 20.5. The van der Waals surface area contributed by atoms with E-state index in [1.807, 2.05) is 0 Å². The van der Waals surface area contributed by atoms with E-state index in [-0.39, 0.29) is 29.9 Å². The lowest BCUT2D eigenvalue weighted by Crippen LogP contribution is -2.46. The molecule has 1 unspecified atom stereocenters. The molecule has 0 aliphatic heterocycles. The van der Waals surface area contributed by atoms with Crippen LogP contribution in [0.1, 0.15) is 44.6 Å². The zero-order chi connectivity index (χ0) is 31.5. The Morgan fingerprint density at radius 1 is 1.09 bits per heavy atom. The predicted octanol–water partition coefficient (Wildman–Crippen LogP) is 5.92. The molecule has 0 aliphatic carbocycles. The minimum Gasteiger partial charge on any atom is -0.480 e. The van der Waals surface area contributed by atoms with Crippen molar-refractivity contribution in [1.82, 2.24) is 15.2 Å². The number of benzene rings is 2. The van der Waals surface area contributed by atoms with Gasteiger partial charge in [-0.3, -0.25) is 10.1 Å². The van der Waals surface area contributed by atoms with Crippen LogP contribution in [0.5, 0.6) is 0 Å². The first-order valence-corrected chi connectivity index (χ1v) is 14.2. The van der Waals surface area contributed by atoms with Gasteiger partial charge in [0, 0.05) is 25.2 Å². The summed E-state index contributed by atoms with van der Waals surface area (Å²) in [5.74, 6) is -2.07. The second-order valence-corrected chi connectivity index (χ2v) is 10.8. The number of carboxylic acid groups (broad SMARTS) is 1. The van der Waals surface area contributed by atoms with Crippen LogP contribution in [0.3, 0.4) is 0 Å². The summed E-state index contributed by atoms with van der Waals surface area (Å²) in [6, 6.07) is 8.12. The highest BCUT2D eigenvalue weighted by Gasteiger charge is 2.23. The average Bonchev–Trinajstić information content (AvgIpc) is 2.97. The van der Waals surface area contributed by atoms with E-state index in [9.17, 15) is 23.2 Å². The number of ether oxygens (including phenoxy) is 1. The number of carbonyl (C=O) groups excluding carboxylic acids is 2. The molecule has 0 saturated carbocycles. The van der Waals surface area contributed by atoms with Gasteiger partial charge in [0.25, 0.3) is 0 Å². The Labute approximate surface area is 253 Å². The van der Waals surface area contributed by atoms with Gasteiger partial charge >= 0.3 is 18.1 Å². The zero-order valence-corrected chi connectivity index (χ0v) is 24.7. The lowest BCUT2D eigenvalue weighted by atomic mass is 9.95. The highest BCUT2D eigenvalue weighted by atomic mass is 35.5. The number of unbranched alkanes of at least 4 members (excludes halogenated alkanes) is 2. The van der Waals surface area contributed by atoms with E-state index in [2.05, 4.69) is 15.6 Å². The van der Waals surface area contributed by atoms with Crippen LogP contribution in [0.4, 0.5) is 24.2 Å². The molecule has 3 aromatic rings. The Balaban J connectivity index is 1.59. The third-order valence-corrected chi connectivity index (χ3v) is 7.67. The largest absolute Gasteiger partial charge is 0.480 e. The third-order valence-electron chi connectivity index (χ3n) is 7.25. The number of rotatable bonds is 14. The molecule has 13 heteroatoms. The van der Waals surface area contributed by atoms with Gasteiger partial charge < -0.3 is 25.8 Å². The van der Waals surface area contributed by atoms with Gasteiger partial charge in [0.1, 0.15) is 30.1 Å². The molecule has 232 valence electrons. The van der Waals surface area contributed by atoms with Crippen molar-refractivity contribution in [1.29, 1.82) is 0 Å². The number of nitrogens with zero attached hydrogens (tertiary/aromatic N) is 2. The van der Waals surface area contributed by atoms with Gasteiger partial charge in [0.05, 0.1) is 11.1 Å². The smallest absolute Gasteiger partial charge is 0.412 e. The number of nitrogens with two attached hydrogens (primary N) is 1. The van der Waals surface area contributed by atoms with Crippen LogP contribution in [-0.2, 0) is 16.1 Å². The number of carboxylic acids is 1. The third kappa shape index (κ3) is 10.0. The standard InChI is InChI=1S/C30H36ClF2N5O5/c1-18(27(34)28(39)40)7-4-3-5-9-23(38(2)29(41)36-16-20-8-6-10-24(33)26(20)31)17-43-30(42)37-25-14-21-13-22(32)12-11-19(21)15-35-25/h6,8,10-15,18,23,27H,3-5,7,9,16-17,34H2,1-2H3,(H,36,41)(H,39,40)(H,35,37,42)/t18?,23-,27-/m0/s1. The number of aliphatic carboxylic acids is 1. The minimum atomic E-state index is -1.04. The SMILES string of the molecule is CC(CCCCC[C@@H](COC(=O)Nc1cc2cc(F)ccc2cn1)N(C)C(=O)NCc1cccc(F)c1Cl)[C@H](N)C(=O)O. The minimum absolute atomic E-state index is 0.0101. The van der Waals surface area contributed by atoms with Crippen LogP contribution in [0.2, 0.25) is 5.02 Å². The molecular weight excluding hydrogens is 584 g/mol. The molecule has 1 heterocycles. The molecule has 3 atom stereocenters. The van der Waals surface area contributed by atoms with Crippen molar-refractivity contribution in [2.24, 2.45) is 11.7 Å². The topological polar surface area (TPSA) is 147 Å². The maximum atomic E-state index is 13.8. The summed E-state index contributed by atoms with van der Waals surface area (Å²) in [6.07, 6.45) is 3.94. The maximum Gasteiger partial charge on any atom is 0.412 e. The fourth-order valence-electron chi connectivity index (χ4n) is 4.47. The summed E-state index contributed by atoms with van der Waals surface area (Å²) in [5, 5.41) is 15.5. The Kier molecular flexibility index (Phi) is 12.4. The molecule has 5 N–H and O–H groups in total. The van der Waals surface area contributed by atoms with Crippen LogP contribution in [-0.4, -0.2) is 58.8 Å². The quantitative estimate of drug-likeness (QED) is 0.164. The van der Waals surface area contributed by atoms with Crippen molar-refractivity contribution < 1.29 is 33.0 Å². The van der Waals surface area contributed by atoms with Crippen LogP contribution in [0.15, 0.2) is 48.7 Å². The Morgan fingerprint density at radius 2 is 1.84 bits per heavy atom. The second-order valence-electron chi connectivity index (χ2n) is 10.4. The maximum absolute atomic E-state index is 13.8. The van der Waals surface area contributed by atoms with Crippen LogP contribution in [0, 0.1) is 17.6 Å².